The zero-order valence-electron chi connectivity index (χ0n) is 15.4. The van der Waals surface area contributed by atoms with Crippen molar-refractivity contribution in [3.63, 3.8) is 0 Å². The van der Waals surface area contributed by atoms with E-state index in [2.05, 4.69) is 0 Å². The monoisotopic (exact) mass is 371 g/mol. The molecule has 0 heterocycles. The number of likely N-dealkylation sites (N-methyl/N-ethyl adjacent to an activating group) is 1. The Morgan fingerprint density at radius 2 is 1.81 bits per heavy atom. The van der Waals surface area contributed by atoms with Crippen LogP contribution in [-0.4, -0.2) is 37.0 Å². The summed E-state index contributed by atoms with van der Waals surface area (Å²) in [5, 5.41) is 0. The number of halogens is 1. The summed E-state index contributed by atoms with van der Waals surface area (Å²) in [7, 11) is 1.53. The van der Waals surface area contributed by atoms with E-state index >= 15 is 0 Å². The van der Waals surface area contributed by atoms with Gasteiger partial charge in [0.15, 0.2) is 6.61 Å². The van der Waals surface area contributed by atoms with E-state index in [0.717, 1.165) is 11.3 Å². The maximum absolute atomic E-state index is 13.6. The topological polar surface area (TPSA) is 55.8 Å². The number of ether oxygens (including phenoxy) is 2. The highest BCUT2D eigenvalue weighted by Crippen LogP contribution is 2.13. The van der Waals surface area contributed by atoms with E-state index in [1.54, 1.807) is 36.4 Å². The highest BCUT2D eigenvalue weighted by molar-refractivity contribution is 5.89. The standard InChI is InChI=1S/C21H22FNO4/c1-3-26-18-11-8-16(9-12-18)10-13-21(25)27-15-20(24)23(2)14-17-6-4-5-7-19(17)22/h4-13H,3,14-15H2,1-2H3/b13-10+. The molecule has 0 aliphatic rings. The number of carbonyl (C=O) groups is 2. The average Bonchev–Trinajstić information content (AvgIpc) is 2.67. The van der Waals surface area contributed by atoms with Gasteiger partial charge in [-0.2, -0.15) is 0 Å². The highest BCUT2D eigenvalue weighted by atomic mass is 19.1. The molecule has 0 unspecified atom stereocenters. The minimum Gasteiger partial charge on any atom is -0.494 e. The van der Waals surface area contributed by atoms with Crippen molar-refractivity contribution in [3.8, 4) is 5.75 Å². The number of rotatable bonds is 8. The molecule has 2 rings (SSSR count). The van der Waals surface area contributed by atoms with Crippen molar-refractivity contribution in [2.24, 2.45) is 0 Å². The molecule has 1 amide bonds. The number of hydrogen-bond acceptors (Lipinski definition) is 4. The third kappa shape index (κ3) is 6.58. The van der Waals surface area contributed by atoms with Crippen LogP contribution in [0.5, 0.6) is 5.75 Å². The smallest absolute Gasteiger partial charge is 0.331 e. The molecule has 0 radical (unpaired) electrons. The van der Waals surface area contributed by atoms with Gasteiger partial charge >= 0.3 is 5.97 Å². The van der Waals surface area contributed by atoms with Gasteiger partial charge in [0.1, 0.15) is 11.6 Å². The molecule has 0 atom stereocenters. The first-order valence-electron chi connectivity index (χ1n) is 8.54. The van der Waals surface area contributed by atoms with Crippen LogP contribution in [0.2, 0.25) is 0 Å². The minimum absolute atomic E-state index is 0.102. The summed E-state index contributed by atoms with van der Waals surface area (Å²) < 4.78 is 23.9. The maximum Gasteiger partial charge on any atom is 0.331 e. The molecular formula is C21H22FNO4. The predicted octanol–water partition coefficient (Wildman–Crippen LogP) is 3.44. The molecule has 0 aromatic heterocycles. The SMILES string of the molecule is CCOc1ccc(/C=C/C(=O)OCC(=O)N(C)Cc2ccccc2F)cc1. The summed E-state index contributed by atoms with van der Waals surface area (Å²) in [5.74, 6) is -0.675. The van der Waals surface area contributed by atoms with Crippen molar-refractivity contribution in [1.82, 2.24) is 4.90 Å². The Labute approximate surface area is 158 Å². The van der Waals surface area contributed by atoms with Crippen LogP contribution in [0.25, 0.3) is 6.08 Å². The van der Waals surface area contributed by atoms with Crippen LogP contribution in [-0.2, 0) is 20.9 Å². The van der Waals surface area contributed by atoms with Crippen LogP contribution in [0.3, 0.4) is 0 Å². The van der Waals surface area contributed by atoms with E-state index in [1.807, 2.05) is 19.1 Å². The lowest BCUT2D eigenvalue weighted by Crippen LogP contribution is -2.30. The summed E-state index contributed by atoms with van der Waals surface area (Å²) in [5.41, 5.74) is 1.20. The van der Waals surface area contributed by atoms with Gasteiger partial charge in [-0.25, -0.2) is 9.18 Å². The maximum atomic E-state index is 13.6. The third-order valence-corrected chi connectivity index (χ3v) is 3.73. The fourth-order valence-electron chi connectivity index (χ4n) is 2.27. The van der Waals surface area contributed by atoms with Gasteiger partial charge in [-0.15, -0.1) is 0 Å². The first-order chi connectivity index (χ1) is 13.0. The Bertz CT molecular complexity index is 802. The summed E-state index contributed by atoms with van der Waals surface area (Å²) in [6.45, 7) is 2.18. The van der Waals surface area contributed by atoms with E-state index in [9.17, 15) is 14.0 Å². The van der Waals surface area contributed by atoms with Gasteiger partial charge in [-0.05, 0) is 36.8 Å². The predicted molar refractivity (Wildman–Crippen MR) is 100 cm³/mol. The molecule has 0 aliphatic heterocycles. The molecule has 6 heteroatoms. The normalized spacial score (nSPS) is 10.6. The Kier molecular flexibility index (Phi) is 7.55. The molecule has 0 aliphatic carbocycles. The van der Waals surface area contributed by atoms with Gasteiger partial charge in [0, 0.05) is 25.2 Å². The second-order valence-electron chi connectivity index (χ2n) is 5.78. The Morgan fingerprint density at radius 3 is 2.48 bits per heavy atom. The van der Waals surface area contributed by atoms with Gasteiger partial charge in [0.25, 0.3) is 5.91 Å². The second kappa shape index (κ2) is 10.1. The number of esters is 1. The molecular weight excluding hydrogens is 349 g/mol. The third-order valence-electron chi connectivity index (χ3n) is 3.73. The van der Waals surface area contributed by atoms with Crippen molar-refractivity contribution in [1.29, 1.82) is 0 Å². The molecule has 0 spiro atoms. The van der Waals surface area contributed by atoms with Crippen LogP contribution in [0.4, 0.5) is 4.39 Å². The van der Waals surface area contributed by atoms with E-state index in [0.29, 0.717) is 12.2 Å². The average molecular weight is 371 g/mol. The molecule has 2 aromatic carbocycles. The van der Waals surface area contributed by atoms with Gasteiger partial charge < -0.3 is 14.4 Å². The first kappa shape index (κ1) is 20.2. The van der Waals surface area contributed by atoms with Gasteiger partial charge in [0.05, 0.1) is 6.61 Å². The molecule has 0 saturated carbocycles. The van der Waals surface area contributed by atoms with Gasteiger partial charge in [-0.3, -0.25) is 4.79 Å². The Morgan fingerprint density at radius 1 is 1.11 bits per heavy atom. The van der Waals surface area contributed by atoms with Crippen LogP contribution < -0.4 is 4.74 Å². The number of benzene rings is 2. The van der Waals surface area contributed by atoms with Crippen LogP contribution >= 0.6 is 0 Å². The quantitative estimate of drug-likeness (QED) is 0.527. The first-order valence-corrected chi connectivity index (χ1v) is 8.54. The largest absolute Gasteiger partial charge is 0.494 e. The van der Waals surface area contributed by atoms with Gasteiger partial charge in [-0.1, -0.05) is 30.3 Å². The lowest BCUT2D eigenvalue weighted by atomic mass is 10.2. The van der Waals surface area contributed by atoms with E-state index in [4.69, 9.17) is 9.47 Å². The summed E-state index contributed by atoms with van der Waals surface area (Å²) in [4.78, 5) is 25.1. The summed E-state index contributed by atoms with van der Waals surface area (Å²) in [6, 6.07) is 13.4. The van der Waals surface area contributed by atoms with Crippen molar-refractivity contribution >= 4 is 18.0 Å². The summed E-state index contributed by atoms with van der Waals surface area (Å²) in [6.07, 6.45) is 2.84. The van der Waals surface area contributed by atoms with E-state index < -0.39 is 18.5 Å². The number of amides is 1. The zero-order valence-corrected chi connectivity index (χ0v) is 15.4. The van der Waals surface area contributed by atoms with Crippen LogP contribution in [0, 0.1) is 5.82 Å². The van der Waals surface area contributed by atoms with E-state index in [-0.39, 0.29) is 12.4 Å². The van der Waals surface area contributed by atoms with Crippen molar-refractivity contribution in [2.75, 3.05) is 20.3 Å². The molecule has 142 valence electrons. The number of hydrogen-bond donors (Lipinski definition) is 0. The molecule has 5 nitrogen and oxygen atoms in total. The van der Waals surface area contributed by atoms with Crippen LogP contribution in [0.1, 0.15) is 18.1 Å². The fourth-order valence-corrected chi connectivity index (χ4v) is 2.27. The van der Waals surface area contributed by atoms with Crippen molar-refractivity contribution in [3.05, 3.63) is 71.6 Å². The fraction of sp³-hybridized carbons (Fsp3) is 0.238. The van der Waals surface area contributed by atoms with Gasteiger partial charge in [0.2, 0.25) is 0 Å². The molecule has 0 N–H and O–H groups in total. The van der Waals surface area contributed by atoms with Crippen molar-refractivity contribution < 1.29 is 23.5 Å². The molecule has 27 heavy (non-hydrogen) atoms. The van der Waals surface area contributed by atoms with Crippen LogP contribution in [0.15, 0.2) is 54.6 Å². The molecule has 0 fully saturated rings. The number of nitrogens with zero attached hydrogens (tertiary/aromatic N) is 1. The Balaban J connectivity index is 1.80. The lowest BCUT2D eigenvalue weighted by molar-refractivity contribution is -0.147. The lowest BCUT2D eigenvalue weighted by Gasteiger charge is -2.17. The molecule has 0 bridgehead atoms. The molecule has 2 aromatic rings. The molecule has 0 saturated heterocycles. The second-order valence-corrected chi connectivity index (χ2v) is 5.78. The van der Waals surface area contributed by atoms with E-state index in [1.165, 1.54) is 24.1 Å². The zero-order chi connectivity index (χ0) is 19.6. The summed E-state index contributed by atoms with van der Waals surface area (Å²) >= 11 is 0. The minimum atomic E-state index is -0.628. The Hall–Kier alpha value is -3.15. The number of carbonyl (C=O) groups excluding carboxylic acids is 2. The van der Waals surface area contributed by atoms with Crippen molar-refractivity contribution in [2.45, 2.75) is 13.5 Å². The highest BCUT2D eigenvalue weighted by Gasteiger charge is 2.13.